The minimum absolute atomic E-state index is 0.0168. The van der Waals surface area contributed by atoms with Gasteiger partial charge in [-0.05, 0) is 38.8 Å². The van der Waals surface area contributed by atoms with Gasteiger partial charge in [0.25, 0.3) is 0 Å². The van der Waals surface area contributed by atoms with Gasteiger partial charge in [0.05, 0.1) is 24.0 Å². The molecule has 0 aliphatic carbocycles. The van der Waals surface area contributed by atoms with Crippen LogP contribution >= 0.6 is 11.8 Å². The minimum Gasteiger partial charge on any atom is -0.463 e. The van der Waals surface area contributed by atoms with Crippen LogP contribution in [-0.2, 0) is 19.1 Å². The van der Waals surface area contributed by atoms with Crippen LogP contribution in [0, 0.1) is 5.92 Å². The van der Waals surface area contributed by atoms with Gasteiger partial charge in [-0.15, -0.1) is 11.8 Å². The third-order valence-electron chi connectivity index (χ3n) is 5.60. The molecule has 2 heterocycles. The Balaban J connectivity index is 1.47. The second kappa shape index (κ2) is 11.7. The lowest BCUT2D eigenvalue weighted by molar-refractivity contribution is -0.139. The zero-order valence-electron chi connectivity index (χ0n) is 18.9. The number of para-hydroxylation sites is 1. The Morgan fingerprint density at radius 1 is 1.18 bits per heavy atom. The Kier molecular flexibility index (Phi) is 8.76. The molecule has 1 unspecified atom stereocenters. The SMILES string of the molecule is CCOC(=O)C1=C(CSCC(=O)N2CCC(C(=O)Nc3ccccc3)CC2)NC(=O)NC1C. The molecule has 2 aliphatic rings. The van der Waals surface area contributed by atoms with Crippen LogP contribution in [-0.4, -0.2) is 66.0 Å². The van der Waals surface area contributed by atoms with Gasteiger partial charge < -0.3 is 25.6 Å². The molecule has 1 aromatic carbocycles. The first-order valence-corrected chi connectivity index (χ1v) is 12.2. The second-order valence-electron chi connectivity index (χ2n) is 7.94. The first-order valence-electron chi connectivity index (χ1n) is 11.1. The number of hydrogen-bond acceptors (Lipinski definition) is 6. The number of nitrogens with zero attached hydrogens (tertiary/aromatic N) is 1. The Labute approximate surface area is 197 Å². The summed E-state index contributed by atoms with van der Waals surface area (Å²) in [4.78, 5) is 51.0. The van der Waals surface area contributed by atoms with Crippen LogP contribution < -0.4 is 16.0 Å². The molecule has 0 bridgehead atoms. The Morgan fingerprint density at radius 2 is 1.88 bits per heavy atom. The number of esters is 1. The van der Waals surface area contributed by atoms with Crippen molar-refractivity contribution in [3.8, 4) is 0 Å². The van der Waals surface area contributed by atoms with Crippen molar-refractivity contribution in [2.75, 3.05) is 36.5 Å². The van der Waals surface area contributed by atoms with E-state index in [2.05, 4.69) is 16.0 Å². The smallest absolute Gasteiger partial charge is 0.337 e. The number of likely N-dealkylation sites (tertiary alicyclic amines) is 1. The maximum Gasteiger partial charge on any atom is 0.337 e. The molecule has 3 rings (SSSR count). The molecule has 178 valence electrons. The summed E-state index contributed by atoms with van der Waals surface area (Å²) in [5, 5.41) is 8.25. The van der Waals surface area contributed by atoms with Crippen LogP contribution in [0.5, 0.6) is 0 Å². The first-order chi connectivity index (χ1) is 15.9. The van der Waals surface area contributed by atoms with Crippen molar-refractivity contribution >= 4 is 41.3 Å². The summed E-state index contributed by atoms with van der Waals surface area (Å²) in [5.74, 6) is -0.0996. The number of hydrogen-bond donors (Lipinski definition) is 3. The van der Waals surface area contributed by atoms with Gasteiger partial charge in [-0.3, -0.25) is 9.59 Å². The van der Waals surface area contributed by atoms with Gasteiger partial charge in [0.15, 0.2) is 0 Å². The number of thioether (sulfide) groups is 1. The Hall–Kier alpha value is -3.01. The predicted molar refractivity (Wildman–Crippen MR) is 126 cm³/mol. The maximum atomic E-state index is 12.7. The fourth-order valence-electron chi connectivity index (χ4n) is 3.88. The molecule has 0 spiro atoms. The van der Waals surface area contributed by atoms with Crippen LogP contribution in [0.25, 0.3) is 0 Å². The molecule has 4 amide bonds. The average molecular weight is 475 g/mol. The second-order valence-corrected chi connectivity index (χ2v) is 8.92. The van der Waals surface area contributed by atoms with Gasteiger partial charge in [-0.2, -0.15) is 0 Å². The monoisotopic (exact) mass is 474 g/mol. The van der Waals surface area contributed by atoms with Crippen molar-refractivity contribution in [3.05, 3.63) is 41.6 Å². The number of ether oxygens (including phenoxy) is 1. The molecule has 9 nitrogen and oxygen atoms in total. The van der Waals surface area contributed by atoms with Crippen molar-refractivity contribution < 1.29 is 23.9 Å². The van der Waals surface area contributed by atoms with Gasteiger partial charge in [-0.1, -0.05) is 18.2 Å². The van der Waals surface area contributed by atoms with Crippen LogP contribution in [0.1, 0.15) is 26.7 Å². The van der Waals surface area contributed by atoms with Crippen molar-refractivity contribution in [1.29, 1.82) is 0 Å². The number of amides is 4. The Morgan fingerprint density at radius 3 is 2.55 bits per heavy atom. The van der Waals surface area contributed by atoms with Gasteiger partial charge in [0, 0.05) is 36.1 Å². The quantitative estimate of drug-likeness (QED) is 0.497. The molecule has 0 saturated carbocycles. The number of benzene rings is 1. The van der Waals surface area contributed by atoms with E-state index < -0.39 is 12.0 Å². The molecule has 1 saturated heterocycles. The highest BCUT2D eigenvalue weighted by molar-refractivity contribution is 8.00. The first kappa shape index (κ1) is 24.6. The zero-order valence-corrected chi connectivity index (χ0v) is 19.7. The third kappa shape index (κ3) is 6.74. The summed E-state index contributed by atoms with van der Waals surface area (Å²) >= 11 is 1.34. The normalized spacial score (nSPS) is 18.9. The topological polar surface area (TPSA) is 117 Å². The van der Waals surface area contributed by atoms with Crippen LogP contribution in [0.2, 0.25) is 0 Å². The number of rotatable bonds is 8. The lowest BCUT2D eigenvalue weighted by Crippen LogP contribution is -2.49. The number of anilines is 1. The van der Waals surface area contributed by atoms with Gasteiger partial charge in [-0.25, -0.2) is 9.59 Å². The number of nitrogens with one attached hydrogen (secondary N) is 3. The molecule has 3 N–H and O–H groups in total. The van der Waals surface area contributed by atoms with E-state index in [0.717, 1.165) is 5.69 Å². The van der Waals surface area contributed by atoms with E-state index in [1.807, 2.05) is 30.3 Å². The fourth-order valence-corrected chi connectivity index (χ4v) is 4.77. The van der Waals surface area contributed by atoms with Gasteiger partial charge >= 0.3 is 12.0 Å². The predicted octanol–water partition coefficient (Wildman–Crippen LogP) is 2.12. The standard InChI is InChI=1S/C23H30N4O5S/c1-3-32-22(30)20-15(2)24-23(31)26-18(20)13-33-14-19(28)27-11-9-16(10-12-27)21(29)25-17-7-5-4-6-8-17/h4-8,15-16H,3,9-14H2,1-2H3,(H,25,29)(H2,24,26,31). The molecule has 33 heavy (non-hydrogen) atoms. The number of carbonyl (C=O) groups excluding carboxylic acids is 4. The largest absolute Gasteiger partial charge is 0.463 e. The maximum absolute atomic E-state index is 12.7. The molecule has 1 atom stereocenters. The highest BCUT2D eigenvalue weighted by Gasteiger charge is 2.30. The molecule has 0 aromatic heterocycles. The van der Waals surface area contributed by atoms with Crippen LogP contribution in [0.3, 0.4) is 0 Å². The molecular formula is C23H30N4O5S. The summed E-state index contributed by atoms with van der Waals surface area (Å²) in [6, 6.07) is 8.49. The number of urea groups is 1. The van der Waals surface area contributed by atoms with E-state index in [-0.39, 0.29) is 36.1 Å². The summed E-state index contributed by atoms with van der Waals surface area (Å²) in [6.45, 7) is 4.74. The molecule has 1 fully saturated rings. The van der Waals surface area contributed by atoms with Gasteiger partial charge in [0.2, 0.25) is 11.8 Å². The van der Waals surface area contributed by atoms with Crippen molar-refractivity contribution in [2.45, 2.75) is 32.7 Å². The Bertz CT molecular complexity index is 913. The summed E-state index contributed by atoms with van der Waals surface area (Å²) in [7, 11) is 0. The molecular weight excluding hydrogens is 444 g/mol. The number of carbonyl (C=O) groups is 4. The summed E-state index contributed by atoms with van der Waals surface area (Å²) < 4.78 is 5.10. The van der Waals surface area contributed by atoms with E-state index in [4.69, 9.17) is 4.74 Å². The van der Waals surface area contributed by atoms with Crippen LogP contribution in [0.4, 0.5) is 10.5 Å². The van der Waals surface area contributed by atoms with E-state index in [1.165, 1.54) is 11.8 Å². The molecule has 2 aliphatic heterocycles. The van der Waals surface area contributed by atoms with E-state index >= 15 is 0 Å². The van der Waals surface area contributed by atoms with Crippen molar-refractivity contribution in [3.63, 3.8) is 0 Å². The van der Waals surface area contributed by atoms with Crippen molar-refractivity contribution in [1.82, 2.24) is 15.5 Å². The van der Waals surface area contributed by atoms with Gasteiger partial charge in [0.1, 0.15) is 0 Å². The summed E-state index contributed by atoms with van der Waals surface area (Å²) in [5.41, 5.74) is 1.62. The van der Waals surface area contributed by atoms with Crippen LogP contribution in [0.15, 0.2) is 41.6 Å². The zero-order chi connectivity index (χ0) is 23.8. The lowest BCUT2D eigenvalue weighted by atomic mass is 9.96. The van der Waals surface area contributed by atoms with E-state index in [0.29, 0.717) is 43.0 Å². The average Bonchev–Trinajstić information content (AvgIpc) is 2.79. The summed E-state index contributed by atoms with van der Waals surface area (Å²) in [6.07, 6.45) is 1.24. The lowest BCUT2D eigenvalue weighted by Gasteiger charge is -2.31. The van der Waals surface area contributed by atoms with E-state index in [9.17, 15) is 19.2 Å². The highest BCUT2D eigenvalue weighted by atomic mass is 32.2. The highest BCUT2D eigenvalue weighted by Crippen LogP contribution is 2.22. The third-order valence-corrected chi connectivity index (χ3v) is 6.54. The molecule has 0 radical (unpaired) electrons. The number of piperidine rings is 1. The molecule has 1 aromatic rings. The molecule has 10 heteroatoms. The minimum atomic E-state index is -0.477. The van der Waals surface area contributed by atoms with E-state index in [1.54, 1.807) is 18.7 Å². The van der Waals surface area contributed by atoms with Crippen molar-refractivity contribution in [2.24, 2.45) is 5.92 Å². The fraction of sp³-hybridized carbons (Fsp3) is 0.478.